The van der Waals surface area contributed by atoms with E-state index in [0.29, 0.717) is 21.3 Å². The van der Waals surface area contributed by atoms with Gasteiger partial charge in [0.05, 0.1) is 35.4 Å². The fourth-order valence-corrected chi connectivity index (χ4v) is 6.44. The summed E-state index contributed by atoms with van der Waals surface area (Å²) >= 11 is 5.89. The molecule has 0 radical (unpaired) electrons. The van der Waals surface area contributed by atoms with Crippen molar-refractivity contribution in [2.75, 3.05) is 18.7 Å². The molecule has 1 heterocycles. The maximum absolute atomic E-state index is 15.4. The van der Waals surface area contributed by atoms with Crippen LogP contribution in [-0.2, 0) is 32.1 Å². The van der Waals surface area contributed by atoms with Crippen LogP contribution in [0, 0.1) is 5.82 Å². The number of halogens is 5. The molecule has 0 saturated heterocycles. The summed E-state index contributed by atoms with van der Waals surface area (Å²) in [6.45, 7) is -0.0738. The monoisotopic (exact) mass is 815 g/mol. The van der Waals surface area contributed by atoms with E-state index in [0.717, 1.165) is 30.5 Å². The molecule has 5 rings (SSSR count). The largest absolute Gasteiger partial charge is 0.497 e. The van der Waals surface area contributed by atoms with Crippen molar-refractivity contribution in [1.29, 1.82) is 0 Å². The van der Waals surface area contributed by atoms with Crippen LogP contribution in [0.4, 0.5) is 23.2 Å². The summed E-state index contributed by atoms with van der Waals surface area (Å²) in [5.41, 5.74) is -2.92. The molecule has 19 heteroatoms. The zero-order chi connectivity index (χ0) is 40.9. The molecule has 0 unspecified atom stereocenters. The second-order valence-corrected chi connectivity index (χ2v) is 14.5. The highest BCUT2D eigenvalue weighted by Crippen LogP contribution is 2.33. The number of rotatable bonds is 13. The van der Waals surface area contributed by atoms with Crippen molar-refractivity contribution >= 4 is 50.8 Å². The first-order valence-electron chi connectivity index (χ1n) is 16.2. The standard InChI is InChI=1S/C37H30ClF4N5O8S/c1-55-23-12-14-29(25(16-23)34(50)45-28(17-33(48)49)35(51)43-19-20-7-10-22(38)11-8-20)47-30(18-32(46-47)37(40,41)42)36(52)44-27-13-9-21(15-26(27)39)24-5-3-4-6-31(24)56(2,53)54/h3-16,18,28H,17,19H2,1-2H3,(H,43,51)(H,44,52)(H,45,50)(H,48,49)/t28-/m0/s1. The Morgan fingerprint density at radius 2 is 1.64 bits per heavy atom. The third kappa shape index (κ3) is 9.69. The molecule has 0 aliphatic rings. The first-order chi connectivity index (χ1) is 26.3. The van der Waals surface area contributed by atoms with E-state index in [1.54, 1.807) is 24.3 Å². The lowest BCUT2D eigenvalue weighted by Gasteiger charge is -2.19. The number of anilines is 1. The van der Waals surface area contributed by atoms with Crippen molar-refractivity contribution in [2.24, 2.45) is 0 Å². The Kier molecular flexibility index (Phi) is 12.1. The fraction of sp³-hybridized carbons (Fsp3) is 0.162. The van der Waals surface area contributed by atoms with Gasteiger partial charge < -0.3 is 25.8 Å². The molecule has 4 N–H and O–H groups in total. The molecule has 0 fully saturated rings. The third-order valence-corrected chi connectivity index (χ3v) is 9.51. The lowest BCUT2D eigenvalue weighted by Crippen LogP contribution is -2.47. The number of hydrogen-bond acceptors (Lipinski definition) is 8. The zero-order valence-electron chi connectivity index (χ0n) is 29.1. The van der Waals surface area contributed by atoms with Gasteiger partial charge in [-0.25, -0.2) is 17.5 Å². The summed E-state index contributed by atoms with van der Waals surface area (Å²) in [5, 5.41) is 20.4. The number of sulfone groups is 1. The van der Waals surface area contributed by atoms with Crippen molar-refractivity contribution < 1.29 is 55.0 Å². The number of carbonyl (C=O) groups excluding carboxylic acids is 3. The van der Waals surface area contributed by atoms with E-state index in [1.807, 2.05) is 0 Å². The highest BCUT2D eigenvalue weighted by Gasteiger charge is 2.37. The minimum absolute atomic E-state index is 0.00897. The number of carbonyl (C=O) groups is 4. The summed E-state index contributed by atoms with van der Waals surface area (Å²) in [7, 11) is -2.50. The Hall–Kier alpha value is -6.27. The molecule has 3 amide bonds. The Bertz CT molecular complexity index is 2440. The second-order valence-electron chi connectivity index (χ2n) is 12.1. The van der Waals surface area contributed by atoms with E-state index in [-0.39, 0.29) is 28.3 Å². The van der Waals surface area contributed by atoms with Crippen molar-refractivity contribution in [3.8, 4) is 22.6 Å². The predicted octanol–water partition coefficient (Wildman–Crippen LogP) is 5.90. The number of nitrogens with one attached hydrogen (secondary N) is 3. The van der Waals surface area contributed by atoms with Gasteiger partial charge >= 0.3 is 12.1 Å². The number of hydrogen-bond donors (Lipinski definition) is 4. The average molecular weight is 816 g/mol. The van der Waals surface area contributed by atoms with E-state index in [2.05, 4.69) is 21.0 Å². The molecule has 1 aromatic heterocycles. The molecule has 0 aliphatic carbocycles. The number of alkyl halides is 3. The number of carboxylic acids is 1. The molecule has 0 aliphatic heterocycles. The average Bonchev–Trinajstić information content (AvgIpc) is 3.61. The first kappa shape index (κ1) is 40.9. The van der Waals surface area contributed by atoms with Gasteiger partial charge in [0, 0.05) is 29.5 Å². The van der Waals surface area contributed by atoms with Crippen LogP contribution in [0.5, 0.6) is 5.75 Å². The Balaban J connectivity index is 1.49. The molecule has 1 atom stereocenters. The van der Waals surface area contributed by atoms with Crippen molar-refractivity contribution in [2.45, 2.75) is 30.1 Å². The smallest absolute Gasteiger partial charge is 0.435 e. The second kappa shape index (κ2) is 16.6. The van der Waals surface area contributed by atoms with Gasteiger partial charge in [0.15, 0.2) is 15.5 Å². The molecule has 0 saturated carbocycles. The van der Waals surface area contributed by atoms with Crippen LogP contribution >= 0.6 is 11.6 Å². The van der Waals surface area contributed by atoms with Crippen LogP contribution in [0.15, 0.2) is 95.9 Å². The molecule has 0 bridgehead atoms. The molecule has 4 aromatic carbocycles. The van der Waals surface area contributed by atoms with Gasteiger partial charge in [-0.2, -0.15) is 18.3 Å². The molecule has 5 aromatic rings. The van der Waals surface area contributed by atoms with Crippen molar-refractivity contribution in [3.05, 3.63) is 124 Å². The molecular formula is C37H30ClF4N5O8S. The predicted molar refractivity (Wildman–Crippen MR) is 195 cm³/mol. The molecular weight excluding hydrogens is 786 g/mol. The van der Waals surface area contributed by atoms with Crippen LogP contribution < -0.4 is 20.7 Å². The summed E-state index contributed by atoms with van der Waals surface area (Å²) < 4.78 is 87.8. The summed E-state index contributed by atoms with van der Waals surface area (Å²) in [6.07, 6.45) is -5.03. The minimum Gasteiger partial charge on any atom is -0.497 e. The maximum atomic E-state index is 15.4. The number of aromatic nitrogens is 2. The number of carboxylic acid groups (broad SMARTS) is 1. The van der Waals surface area contributed by atoms with Gasteiger partial charge in [0.2, 0.25) is 5.91 Å². The maximum Gasteiger partial charge on any atom is 0.435 e. The van der Waals surface area contributed by atoms with Gasteiger partial charge in [0.1, 0.15) is 23.3 Å². The molecule has 13 nitrogen and oxygen atoms in total. The Morgan fingerprint density at radius 1 is 0.946 bits per heavy atom. The van der Waals surface area contributed by atoms with Crippen molar-refractivity contribution in [1.82, 2.24) is 20.4 Å². The van der Waals surface area contributed by atoms with Crippen LogP contribution in [-0.4, -0.2) is 66.4 Å². The number of methoxy groups -OCH3 is 1. The number of nitrogens with zero attached hydrogens (tertiary/aromatic N) is 2. The quantitative estimate of drug-likeness (QED) is 0.105. The number of aliphatic carboxylic acids is 1. The minimum atomic E-state index is -5.11. The highest BCUT2D eigenvalue weighted by molar-refractivity contribution is 7.90. The summed E-state index contributed by atoms with van der Waals surface area (Å²) in [6, 6.07) is 17.5. The fourth-order valence-electron chi connectivity index (χ4n) is 5.41. The van der Waals surface area contributed by atoms with E-state index in [1.165, 1.54) is 43.5 Å². The third-order valence-electron chi connectivity index (χ3n) is 8.10. The SMILES string of the molecule is COc1ccc(-n2nc(C(F)(F)F)cc2C(=O)Nc2ccc(-c3ccccc3S(C)(=O)=O)cc2F)c(C(=O)N[C@@H](CC(=O)O)C(=O)NCc2ccc(Cl)cc2)c1. The number of benzene rings is 4. The van der Waals surface area contributed by atoms with Gasteiger partial charge in [-0.3, -0.25) is 19.2 Å². The van der Waals surface area contributed by atoms with E-state index >= 15 is 4.39 Å². The van der Waals surface area contributed by atoms with Crippen LogP contribution in [0.3, 0.4) is 0 Å². The lowest BCUT2D eigenvalue weighted by atomic mass is 10.0. The molecule has 292 valence electrons. The summed E-state index contributed by atoms with van der Waals surface area (Å²) in [4.78, 5) is 52.1. The van der Waals surface area contributed by atoms with Crippen LogP contribution in [0.2, 0.25) is 5.02 Å². The molecule has 56 heavy (non-hydrogen) atoms. The van der Waals surface area contributed by atoms with Gasteiger partial charge in [-0.1, -0.05) is 48.0 Å². The van der Waals surface area contributed by atoms with Gasteiger partial charge in [-0.15, -0.1) is 0 Å². The van der Waals surface area contributed by atoms with E-state index in [9.17, 15) is 45.9 Å². The lowest BCUT2D eigenvalue weighted by molar-refractivity contribution is -0.141. The van der Waals surface area contributed by atoms with Crippen LogP contribution in [0.1, 0.15) is 38.5 Å². The summed E-state index contributed by atoms with van der Waals surface area (Å²) in [5.74, 6) is -5.89. The highest BCUT2D eigenvalue weighted by atomic mass is 35.5. The normalized spacial score (nSPS) is 12.1. The first-order valence-corrected chi connectivity index (χ1v) is 18.4. The Morgan fingerprint density at radius 3 is 2.27 bits per heavy atom. The number of ether oxygens (including phenoxy) is 1. The van der Waals surface area contributed by atoms with Gasteiger partial charge in [-0.05, 0) is 59.7 Å². The zero-order valence-corrected chi connectivity index (χ0v) is 30.7. The number of amides is 3. The van der Waals surface area contributed by atoms with Gasteiger partial charge in [0.25, 0.3) is 11.8 Å². The van der Waals surface area contributed by atoms with Crippen LogP contribution in [0.25, 0.3) is 16.8 Å². The topological polar surface area (TPSA) is 186 Å². The van der Waals surface area contributed by atoms with E-state index in [4.69, 9.17) is 16.3 Å². The Labute approximate surface area is 321 Å². The molecule has 0 spiro atoms. The van der Waals surface area contributed by atoms with E-state index < -0.39 is 86.3 Å². The van der Waals surface area contributed by atoms with Crippen molar-refractivity contribution in [3.63, 3.8) is 0 Å².